The summed E-state index contributed by atoms with van der Waals surface area (Å²) in [5.74, 6) is -1.11. The molecule has 39 heavy (non-hydrogen) atoms. The molecule has 1 saturated carbocycles. The summed E-state index contributed by atoms with van der Waals surface area (Å²) in [6.45, 7) is 16.9. The number of allylic oxidation sites excluding steroid dienone is 1. The molecule has 0 spiro atoms. The van der Waals surface area contributed by atoms with Crippen molar-refractivity contribution in [3.63, 3.8) is 0 Å². The summed E-state index contributed by atoms with van der Waals surface area (Å²) < 4.78 is 22.3. The minimum absolute atomic E-state index is 0.0866. The molecule has 5 atom stereocenters. The predicted octanol–water partition coefficient (Wildman–Crippen LogP) is 5.82. The predicted molar refractivity (Wildman–Crippen MR) is 149 cm³/mol. The summed E-state index contributed by atoms with van der Waals surface area (Å²) in [5, 5.41) is 9.68. The lowest BCUT2D eigenvalue weighted by Crippen LogP contribution is -2.48. The molecule has 0 aliphatic heterocycles. The Morgan fingerprint density at radius 3 is 2.33 bits per heavy atom. The van der Waals surface area contributed by atoms with E-state index >= 15 is 0 Å². The number of hydrogen-bond acceptors (Lipinski definition) is 7. The van der Waals surface area contributed by atoms with Gasteiger partial charge in [0.05, 0.1) is 49.3 Å². The van der Waals surface area contributed by atoms with Crippen LogP contribution in [0, 0.1) is 34.0 Å². The first-order valence-corrected chi connectivity index (χ1v) is 14.6. The highest BCUT2D eigenvalue weighted by Crippen LogP contribution is 2.59. The zero-order chi connectivity index (χ0) is 29.4. The second kappa shape index (κ2) is 14.1. The number of hydrogen-bond donors (Lipinski definition) is 1. The first kappa shape index (κ1) is 33.3. The van der Waals surface area contributed by atoms with E-state index in [0.717, 1.165) is 12.3 Å². The van der Waals surface area contributed by atoms with E-state index in [1.165, 1.54) is 18.4 Å². The number of esters is 2. The molecule has 0 amide bonds. The van der Waals surface area contributed by atoms with Crippen molar-refractivity contribution in [2.45, 2.75) is 100 Å². The van der Waals surface area contributed by atoms with E-state index < -0.39 is 34.7 Å². The van der Waals surface area contributed by atoms with Crippen molar-refractivity contribution >= 4 is 17.9 Å². The molecule has 3 rings (SSSR count). The minimum atomic E-state index is -1.09. The summed E-state index contributed by atoms with van der Waals surface area (Å²) >= 11 is 0. The molecule has 8 heteroatoms. The Labute approximate surface area is 235 Å². The normalized spacial score (nSPS) is 23.0. The van der Waals surface area contributed by atoms with Crippen LogP contribution in [-0.4, -0.2) is 62.2 Å². The Kier molecular flexibility index (Phi) is 12.0. The highest BCUT2D eigenvalue weighted by molar-refractivity contribution is 5.80. The van der Waals surface area contributed by atoms with Crippen LogP contribution in [0.4, 0.5) is 0 Å². The quantitative estimate of drug-likeness (QED) is 0.129. The van der Waals surface area contributed by atoms with Crippen LogP contribution < -0.4 is 0 Å². The van der Waals surface area contributed by atoms with Crippen molar-refractivity contribution < 1.29 is 38.4 Å². The average Bonchev–Trinajstić information content (AvgIpc) is 2.88. The number of carbonyl (C=O) groups is 3. The average molecular weight is 553 g/mol. The Morgan fingerprint density at radius 2 is 1.77 bits per heavy atom. The third kappa shape index (κ3) is 8.78. The maximum Gasteiger partial charge on any atom is 0.311 e. The molecular formula is C31H52O8. The van der Waals surface area contributed by atoms with Gasteiger partial charge in [0.1, 0.15) is 6.61 Å². The highest BCUT2D eigenvalue weighted by Gasteiger charge is 2.50. The second-order valence-electron chi connectivity index (χ2n) is 12.9. The molecular weight excluding hydrogens is 500 g/mol. The third-order valence-corrected chi connectivity index (χ3v) is 9.11. The van der Waals surface area contributed by atoms with Crippen LogP contribution in [0.2, 0.25) is 0 Å². The Balaban J connectivity index is 1.72. The van der Waals surface area contributed by atoms with Crippen molar-refractivity contribution in [1.29, 1.82) is 0 Å². The molecule has 5 unspecified atom stereocenters. The first-order chi connectivity index (χ1) is 18.2. The molecule has 0 heterocycles. The fraction of sp³-hybridized carbons (Fsp3) is 0.839. The summed E-state index contributed by atoms with van der Waals surface area (Å²) in [4.78, 5) is 37.3. The van der Waals surface area contributed by atoms with Gasteiger partial charge in [0, 0.05) is 0 Å². The smallest absolute Gasteiger partial charge is 0.311 e. The van der Waals surface area contributed by atoms with Gasteiger partial charge in [0.25, 0.3) is 0 Å². The summed E-state index contributed by atoms with van der Waals surface area (Å²) in [6.07, 6.45) is 6.34. The number of carboxylic acids is 1. The van der Waals surface area contributed by atoms with Crippen molar-refractivity contribution in [3.05, 3.63) is 11.6 Å². The molecule has 224 valence electrons. The third-order valence-electron chi connectivity index (χ3n) is 9.11. The van der Waals surface area contributed by atoms with Crippen molar-refractivity contribution in [2.75, 3.05) is 33.0 Å². The molecule has 0 aromatic heterocycles. The number of carboxylic acid groups (broad SMARTS) is 1. The van der Waals surface area contributed by atoms with Crippen LogP contribution >= 0.6 is 0 Å². The largest absolute Gasteiger partial charge is 0.481 e. The molecule has 0 aromatic carbocycles. The summed E-state index contributed by atoms with van der Waals surface area (Å²) in [6, 6.07) is 0. The van der Waals surface area contributed by atoms with Gasteiger partial charge in [-0.1, -0.05) is 32.4 Å². The zero-order valence-electron chi connectivity index (χ0n) is 25.5. The number of aliphatic carboxylic acids is 1. The molecule has 8 nitrogen and oxygen atoms in total. The van der Waals surface area contributed by atoms with Crippen LogP contribution in [0.5, 0.6) is 0 Å². The topological polar surface area (TPSA) is 108 Å². The maximum atomic E-state index is 12.9. The van der Waals surface area contributed by atoms with E-state index in [2.05, 4.69) is 19.9 Å². The molecule has 1 fully saturated rings. The van der Waals surface area contributed by atoms with Gasteiger partial charge in [-0.15, -0.1) is 0 Å². The number of carbonyl (C=O) groups excluding carboxylic acids is 2. The highest BCUT2D eigenvalue weighted by atomic mass is 16.6. The van der Waals surface area contributed by atoms with Gasteiger partial charge in [-0.3, -0.25) is 14.4 Å². The molecule has 2 bridgehead atoms. The van der Waals surface area contributed by atoms with Crippen LogP contribution in [-0.2, 0) is 33.3 Å². The lowest BCUT2D eigenvalue weighted by atomic mass is 9.48. The Morgan fingerprint density at radius 1 is 1.08 bits per heavy atom. The van der Waals surface area contributed by atoms with E-state index in [9.17, 15) is 19.5 Å². The SMILES string of the molecule is CCOC(=O)C(CC(C)(C)C(=O)OCCOC(C)COCCC1=CCC2CC1C2(C)C)CC(C)(CC)C(=O)O. The second-order valence-corrected chi connectivity index (χ2v) is 12.9. The van der Waals surface area contributed by atoms with E-state index in [1.807, 2.05) is 6.92 Å². The van der Waals surface area contributed by atoms with Gasteiger partial charge in [-0.2, -0.15) is 0 Å². The molecule has 0 aromatic rings. The van der Waals surface area contributed by atoms with Crippen LogP contribution in [0.3, 0.4) is 0 Å². The molecule has 1 N–H and O–H groups in total. The Hall–Kier alpha value is -1.93. The molecule has 3 aliphatic rings. The standard InChI is InChI=1S/C31H52O8/c1-9-31(8,27(33)34)19-23(26(32)37-10-2)18-29(4,5)28(35)39-16-15-38-21(3)20-36-14-13-22-11-12-24-17-25(22)30(24,6)7/h11,21,23-25H,9-10,12-20H2,1-8H3,(H,33,34). The van der Waals surface area contributed by atoms with Gasteiger partial charge in [-0.05, 0) is 90.4 Å². The number of fused-ring (bicyclic) bond motifs is 1. The Bertz CT molecular complexity index is 876. The van der Waals surface area contributed by atoms with Crippen LogP contribution in [0.25, 0.3) is 0 Å². The van der Waals surface area contributed by atoms with Gasteiger partial charge in [0.15, 0.2) is 0 Å². The monoisotopic (exact) mass is 552 g/mol. The van der Waals surface area contributed by atoms with Crippen molar-refractivity contribution in [3.8, 4) is 0 Å². The molecule has 0 radical (unpaired) electrons. The van der Waals surface area contributed by atoms with Crippen LogP contribution in [0.1, 0.15) is 93.9 Å². The number of rotatable bonds is 18. The lowest BCUT2D eigenvalue weighted by molar-refractivity contribution is -0.161. The van der Waals surface area contributed by atoms with Gasteiger partial charge < -0.3 is 24.1 Å². The summed E-state index contributed by atoms with van der Waals surface area (Å²) in [5.41, 5.74) is -0.116. The molecule has 0 saturated heterocycles. The lowest BCUT2D eigenvalue weighted by Gasteiger charge is -2.56. The minimum Gasteiger partial charge on any atom is -0.481 e. The van der Waals surface area contributed by atoms with Crippen molar-refractivity contribution in [2.24, 2.45) is 34.0 Å². The van der Waals surface area contributed by atoms with E-state index in [-0.39, 0.29) is 38.8 Å². The van der Waals surface area contributed by atoms with Gasteiger partial charge >= 0.3 is 17.9 Å². The fourth-order valence-electron chi connectivity index (χ4n) is 5.95. The van der Waals surface area contributed by atoms with Crippen molar-refractivity contribution in [1.82, 2.24) is 0 Å². The van der Waals surface area contributed by atoms with Crippen LogP contribution in [0.15, 0.2) is 11.6 Å². The van der Waals surface area contributed by atoms with Gasteiger partial charge in [0.2, 0.25) is 0 Å². The first-order valence-electron chi connectivity index (χ1n) is 14.6. The zero-order valence-corrected chi connectivity index (χ0v) is 25.5. The summed E-state index contributed by atoms with van der Waals surface area (Å²) in [7, 11) is 0. The van der Waals surface area contributed by atoms with E-state index in [4.69, 9.17) is 18.9 Å². The maximum absolute atomic E-state index is 12.9. The molecule has 3 aliphatic carbocycles. The fourth-order valence-corrected chi connectivity index (χ4v) is 5.95. The van der Waals surface area contributed by atoms with Gasteiger partial charge in [-0.25, -0.2) is 0 Å². The van der Waals surface area contributed by atoms with E-state index in [0.29, 0.717) is 31.0 Å². The van der Waals surface area contributed by atoms with E-state index in [1.54, 1.807) is 34.6 Å². The number of ether oxygens (including phenoxy) is 4.